The Morgan fingerprint density at radius 2 is 2.17 bits per heavy atom. The molecular weight excluding hydrogens is 322 g/mol. The maximum absolute atomic E-state index is 12.0. The number of anilines is 1. The van der Waals surface area contributed by atoms with E-state index in [1.807, 2.05) is 39.0 Å². The number of amides is 1. The van der Waals surface area contributed by atoms with Crippen LogP contribution in [0.4, 0.5) is 5.69 Å². The van der Waals surface area contributed by atoms with E-state index in [-0.39, 0.29) is 12.5 Å². The summed E-state index contributed by atoms with van der Waals surface area (Å²) in [6.07, 6.45) is 3.96. The summed E-state index contributed by atoms with van der Waals surface area (Å²) in [4.78, 5) is 12.0. The highest BCUT2D eigenvalue weighted by Gasteiger charge is 2.18. The van der Waals surface area contributed by atoms with Gasteiger partial charge in [-0.15, -0.1) is 0 Å². The number of nitrogens with zero attached hydrogens (tertiary/aromatic N) is 1. The standard InChI is InChI=1S/C19H24ClN3O/c1-12(2)15-9-8-13(3)18(10-15)22-23-19(24)11-21-17-7-5-6-16(20)14(17)4/h5-8,15,21H,1,9-11H2,2-4H3,(H,23,24)/b22-18+. The zero-order valence-electron chi connectivity index (χ0n) is 14.4. The van der Waals surface area contributed by atoms with E-state index >= 15 is 0 Å². The van der Waals surface area contributed by atoms with Crippen LogP contribution >= 0.6 is 11.6 Å². The van der Waals surface area contributed by atoms with Gasteiger partial charge in [-0.2, -0.15) is 5.10 Å². The maximum Gasteiger partial charge on any atom is 0.259 e. The number of rotatable bonds is 5. The first-order valence-corrected chi connectivity index (χ1v) is 8.43. The van der Waals surface area contributed by atoms with Gasteiger partial charge in [-0.05, 0) is 62.8 Å². The average Bonchev–Trinajstić information content (AvgIpc) is 2.55. The summed E-state index contributed by atoms with van der Waals surface area (Å²) >= 11 is 6.07. The van der Waals surface area contributed by atoms with E-state index in [0.717, 1.165) is 41.0 Å². The quantitative estimate of drug-likeness (QED) is 0.611. The molecule has 0 aliphatic heterocycles. The van der Waals surface area contributed by atoms with E-state index in [1.54, 1.807) is 0 Å². The van der Waals surface area contributed by atoms with Gasteiger partial charge in [0.1, 0.15) is 0 Å². The molecule has 1 atom stereocenters. The van der Waals surface area contributed by atoms with Crippen molar-refractivity contribution in [2.24, 2.45) is 11.0 Å². The maximum atomic E-state index is 12.0. The highest BCUT2D eigenvalue weighted by molar-refractivity contribution is 6.31. The van der Waals surface area contributed by atoms with Gasteiger partial charge in [0.25, 0.3) is 5.91 Å². The first-order chi connectivity index (χ1) is 11.4. The molecule has 0 spiro atoms. The summed E-state index contributed by atoms with van der Waals surface area (Å²) in [5, 5.41) is 8.05. The van der Waals surface area contributed by atoms with Crippen molar-refractivity contribution in [2.75, 3.05) is 11.9 Å². The van der Waals surface area contributed by atoms with Crippen LogP contribution in [0, 0.1) is 12.8 Å². The van der Waals surface area contributed by atoms with Gasteiger partial charge in [-0.25, -0.2) is 5.43 Å². The Balaban J connectivity index is 1.92. The molecule has 24 heavy (non-hydrogen) atoms. The molecular formula is C19H24ClN3O. The lowest BCUT2D eigenvalue weighted by Gasteiger charge is -2.22. The van der Waals surface area contributed by atoms with Gasteiger partial charge in [-0.1, -0.05) is 35.9 Å². The van der Waals surface area contributed by atoms with Crippen LogP contribution in [0.1, 0.15) is 32.3 Å². The predicted molar refractivity (Wildman–Crippen MR) is 102 cm³/mol. The summed E-state index contributed by atoms with van der Waals surface area (Å²) in [6, 6.07) is 5.57. The fourth-order valence-corrected chi connectivity index (χ4v) is 2.74. The highest BCUT2D eigenvalue weighted by atomic mass is 35.5. The van der Waals surface area contributed by atoms with Gasteiger partial charge in [0.2, 0.25) is 0 Å². The number of benzene rings is 1. The second-order valence-electron chi connectivity index (χ2n) is 6.23. The van der Waals surface area contributed by atoms with E-state index in [1.165, 1.54) is 0 Å². The minimum atomic E-state index is -0.188. The van der Waals surface area contributed by atoms with E-state index in [9.17, 15) is 4.79 Å². The van der Waals surface area contributed by atoms with Crippen molar-refractivity contribution in [3.8, 4) is 0 Å². The smallest absolute Gasteiger partial charge is 0.259 e. The van der Waals surface area contributed by atoms with Gasteiger partial charge in [0, 0.05) is 10.7 Å². The molecule has 2 rings (SSSR count). The zero-order valence-corrected chi connectivity index (χ0v) is 15.2. The Labute approximate surface area is 148 Å². The Hall–Kier alpha value is -2.07. The molecule has 0 saturated heterocycles. The number of carbonyl (C=O) groups is 1. The van der Waals surface area contributed by atoms with E-state index in [2.05, 4.69) is 28.5 Å². The second kappa shape index (κ2) is 8.15. The molecule has 0 aromatic heterocycles. The van der Waals surface area contributed by atoms with E-state index < -0.39 is 0 Å². The molecule has 0 radical (unpaired) electrons. The SMILES string of the molecule is C=C(C)C1CC=C(C)/C(=N/NC(=O)CNc2cccc(Cl)c2C)C1. The number of nitrogens with one attached hydrogen (secondary N) is 2. The first kappa shape index (κ1) is 18.3. The molecule has 0 saturated carbocycles. The molecule has 4 nitrogen and oxygen atoms in total. The molecule has 0 fully saturated rings. The molecule has 1 aliphatic carbocycles. The van der Waals surface area contributed by atoms with Gasteiger partial charge < -0.3 is 5.32 Å². The fraction of sp³-hybridized carbons (Fsp3) is 0.368. The first-order valence-electron chi connectivity index (χ1n) is 8.05. The lowest BCUT2D eigenvalue weighted by molar-refractivity contribution is -0.119. The van der Waals surface area contributed by atoms with E-state index in [0.29, 0.717) is 10.9 Å². The van der Waals surface area contributed by atoms with Crippen LogP contribution < -0.4 is 10.7 Å². The summed E-state index contributed by atoms with van der Waals surface area (Å²) in [5.74, 6) is 0.212. The topological polar surface area (TPSA) is 53.5 Å². The summed E-state index contributed by atoms with van der Waals surface area (Å²) in [7, 11) is 0. The Bertz CT molecular complexity index is 707. The second-order valence-corrected chi connectivity index (χ2v) is 6.64. The third-order valence-corrected chi connectivity index (χ3v) is 4.73. The van der Waals surface area contributed by atoms with Crippen molar-refractivity contribution in [3.63, 3.8) is 0 Å². The fourth-order valence-electron chi connectivity index (χ4n) is 2.57. The van der Waals surface area contributed by atoms with Gasteiger partial charge in [-0.3, -0.25) is 4.79 Å². The number of hydrazone groups is 1. The van der Waals surface area contributed by atoms with Crippen molar-refractivity contribution in [1.29, 1.82) is 0 Å². The van der Waals surface area contributed by atoms with Crippen LogP contribution in [0.2, 0.25) is 5.02 Å². The van der Waals surface area contributed by atoms with Crippen molar-refractivity contribution in [3.05, 3.63) is 52.6 Å². The molecule has 5 heteroatoms. The number of halogens is 1. The van der Waals surface area contributed by atoms with Crippen molar-refractivity contribution < 1.29 is 4.79 Å². The van der Waals surface area contributed by atoms with Gasteiger partial charge in [0.15, 0.2) is 0 Å². The van der Waals surface area contributed by atoms with Gasteiger partial charge in [0.05, 0.1) is 12.3 Å². The highest BCUT2D eigenvalue weighted by Crippen LogP contribution is 2.26. The molecule has 0 bridgehead atoms. The Morgan fingerprint density at radius 1 is 1.42 bits per heavy atom. The minimum Gasteiger partial charge on any atom is -0.376 e. The normalized spacial score (nSPS) is 18.9. The number of carbonyl (C=O) groups excluding carboxylic acids is 1. The van der Waals surface area contributed by atoms with Crippen LogP contribution in [0.15, 0.2) is 47.1 Å². The molecule has 1 aromatic carbocycles. The zero-order chi connectivity index (χ0) is 17.7. The Morgan fingerprint density at radius 3 is 2.88 bits per heavy atom. The van der Waals surface area contributed by atoms with Crippen LogP contribution in [0.5, 0.6) is 0 Å². The van der Waals surface area contributed by atoms with Crippen LogP contribution in [-0.2, 0) is 4.79 Å². The lowest BCUT2D eigenvalue weighted by Crippen LogP contribution is -2.28. The molecule has 1 unspecified atom stereocenters. The summed E-state index contributed by atoms with van der Waals surface area (Å²) < 4.78 is 0. The van der Waals surface area contributed by atoms with Crippen LogP contribution in [0.3, 0.4) is 0 Å². The lowest BCUT2D eigenvalue weighted by atomic mass is 9.85. The molecule has 2 N–H and O–H groups in total. The summed E-state index contributed by atoms with van der Waals surface area (Å²) in [6.45, 7) is 10.1. The Kier molecular flexibility index (Phi) is 6.21. The number of allylic oxidation sites excluding steroid dienone is 3. The number of hydrogen-bond acceptors (Lipinski definition) is 3. The molecule has 1 aliphatic rings. The molecule has 128 valence electrons. The predicted octanol–water partition coefficient (Wildman–Crippen LogP) is 4.46. The average molecular weight is 346 g/mol. The van der Waals surface area contributed by atoms with Crippen LogP contribution in [-0.4, -0.2) is 18.2 Å². The number of hydrogen-bond donors (Lipinski definition) is 2. The minimum absolute atomic E-state index is 0.143. The van der Waals surface area contributed by atoms with Crippen molar-refractivity contribution in [1.82, 2.24) is 5.43 Å². The third kappa shape index (κ3) is 4.71. The van der Waals surface area contributed by atoms with E-state index in [4.69, 9.17) is 11.6 Å². The molecule has 0 heterocycles. The molecule has 1 aromatic rings. The van der Waals surface area contributed by atoms with Gasteiger partial charge >= 0.3 is 0 Å². The largest absolute Gasteiger partial charge is 0.376 e. The summed E-state index contributed by atoms with van der Waals surface area (Å²) in [5.41, 5.74) is 7.59. The van der Waals surface area contributed by atoms with Crippen molar-refractivity contribution in [2.45, 2.75) is 33.6 Å². The van der Waals surface area contributed by atoms with Crippen LogP contribution in [0.25, 0.3) is 0 Å². The molecule has 1 amide bonds. The van der Waals surface area contributed by atoms with Crippen molar-refractivity contribution >= 4 is 28.9 Å². The third-order valence-electron chi connectivity index (χ3n) is 4.32. The monoisotopic (exact) mass is 345 g/mol.